The van der Waals surface area contributed by atoms with E-state index in [4.69, 9.17) is 4.98 Å². The maximum absolute atomic E-state index is 4.90. The molecule has 1 aromatic heterocycles. The molecule has 0 unspecified atom stereocenters. The molecule has 0 saturated carbocycles. The van der Waals surface area contributed by atoms with Crippen molar-refractivity contribution in [3.8, 4) is 0 Å². The van der Waals surface area contributed by atoms with Crippen LogP contribution < -0.4 is 15.1 Å². The highest BCUT2D eigenvalue weighted by Crippen LogP contribution is 2.45. The minimum Gasteiger partial charge on any atom is -0.359 e. The predicted molar refractivity (Wildman–Crippen MR) is 141 cm³/mol. The van der Waals surface area contributed by atoms with Crippen molar-refractivity contribution >= 4 is 35.3 Å². The van der Waals surface area contributed by atoms with Crippen LogP contribution in [0, 0.1) is 0 Å². The van der Waals surface area contributed by atoms with Crippen molar-refractivity contribution in [1.29, 1.82) is 0 Å². The minimum atomic E-state index is -0.0318. The fraction of sp³-hybridized carbons (Fsp3) is 0.207. The van der Waals surface area contributed by atoms with E-state index in [9.17, 15) is 0 Å². The highest BCUT2D eigenvalue weighted by molar-refractivity contribution is 6.85. The van der Waals surface area contributed by atoms with Crippen LogP contribution in [-0.2, 0) is 0 Å². The van der Waals surface area contributed by atoms with Crippen molar-refractivity contribution in [3.63, 3.8) is 0 Å². The fourth-order valence-electron chi connectivity index (χ4n) is 5.01. The van der Waals surface area contributed by atoms with E-state index >= 15 is 0 Å². The average Bonchev–Trinajstić information content (AvgIpc) is 3.19. The van der Waals surface area contributed by atoms with Gasteiger partial charge in [0.25, 0.3) is 0 Å². The van der Waals surface area contributed by atoms with Crippen LogP contribution in [0.5, 0.6) is 0 Å². The van der Waals surface area contributed by atoms with E-state index in [2.05, 4.69) is 122 Å². The van der Waals surface area contributed by atoms with Crippen molar-refractivity contribution in [2.75, 3.05) is 9.62 Å². The van der Waals surface area contributed by atoms with Gasteiger partial charge in [-0.3, -0.25) is 0 Å². The molecule has 0 saturated heterocycles. The molecule has 164 valence electrons. The number of aromatic nitrogens is 1. The Morgan fingerprint density at radius 3 is 1.70 bits per heavy atom. The summed E-state index contributed by atoms with van der Waals surface area (Å²) >= 11 is 0. The molecule has 1 aliphatic heterocycles. The molecule has 3 aromatic carbocycles. The summed E-state index contributed by atoms with van der Waals surface area (Å²) in [5, 5.41) is 0. The molecule has 0 amide bonds. The van der Waals surface area contributed by atoms with Crippen LogP contribution in [0.15, 0.2) is 97.2 Å². The number of benzene rings is 3. The predicted octanol–water partition coefficient (Wildman–Crippen LogP) is 7.01. The van der Waals surface area contributed by atoms with Gasteiger partial charge in [0.15, 0.2) is 0 Å². The lowest BCUT2D eigenvalue weighted by Gasteiger charge is -2.33. The van der Waals surface area contributed by atoms with Gasteiger partial charge in [-0.2, -0.15) is 0 Å². The zero-order chi connectivity index (χ0) is 22.9. The Morgan fingerprint density at radius 2 is 1.15 bits per heavy atom. The molecule has 0 spiro atoms. The van der Waals surface area contributed by atoms with Crippen LogP contribution in [0.4, 0.5) is 22.9 Å². The van der Waals surface area contributed by atoms with Gasteiger partial charge in [0.1, 0.15) is 5.82 Å². The van der Waals surface area contributed by atoms with E-state index in [0.717, 1.165) is 17.2 Å². The minimum absolute atomic E-state index is 0.0318. The molecule has 0 bridgehead atoms. The maximum Gasteiger partial charge on any atom is 0.422 e. The second kappa shape index (κ2) is 8.78. The smallest absolute Gasteiger partial charge is 0.359 e. The molecular formula is C29H30BN3. The van der Waals surface area contributed by atoms with Gasteiger partial charge in [0.05, 0.1) is 5.69 Å². The molecule has 1 aliphatic rings. The lowest BCUT2D eigenvalue weighted by atomic mass is 9.58. The maximum atomic E-state index is 4.90. The number of nitrogens with zero attached hydrogens (tertiary/aromatic N) is 3. The molecule has 0 N–H and O–H groups in total. The number of pyridine rings is 1. The second-order valence-corrected chi connectivity index (χ2v) is 9.29. The van der Waals surface area contributed by atoms with E-state index < -0.39 is 0 Å². The molecule has 2 heterocycles. The largest absolute Gasteiger partial charge is 0.422 e. The molecule has 3 nitrogen and oxygen atoms in total. The van der Waals surface area contributed by atoms with Gasteiger partial charge in [0, 0.05) is 17.6 Å². The van der Waals surface area contributed by atoms with E-state index in [-0.39, 0.29) is 6.98 Å². The third-order valence-corrected chi connectivity index (χ3v) is 6.49. The third-order valence-electron chi connectivity index (χ3n) is 6.49. The average molecular weight is 431 g/mol. The quantitative estimate of drug-likeness (QED) is 0.317. The summed E-state index contributed by atoms with van der Waals surface area (Å²) in [6, 6.07) is 32.4. The van der Waals surface area contributed by atoms with Gasteiger partial charge >= 0.3 is 6.98 Å². The van der Waals surface area contributed by atoms with Crippen LogP contribution in [0.2, 0.25) is 0 Å². The van der Waals surface area contributed by atoms with Crippen molar-refractivity contribution in [3.05, 3.63) is 108 Å². The Kier molecular flexibility index (Phi) is 5.68. The normalized spacial score (nSPS) is 13.2. The van der Waals surface area contributed by atoms with E-state index in [1.54, 1.807) is 0 Å². The third kappa shape index (κ3) is 3.70. The number of para-hydroxylation sites is 2. The van der Waals surface area contributed by atoms with Crippen molar-refractivity contribution in [1.82, 2.24) is 4.98 Å². The second-order valence-electron chi connectivity index (χ2n) is 9.29. The van der Waals surface area contributed by atoms with Crippen molar-refractivity contribution < 1.29 is 0 Å². The van der Waals surface area contributed by atoms with Crippen LogP contribution in [0.25, 0.3) is 0 Å². The SMILES string of the molecule is CC(C)c1cccc(C(C)C)c1B1N(c2ccccc2)c2cccnc2N1c1ccccc1. The Balaban J connectivity index is 1.85. The first kappa shape index (κ1) is 21.3. The molecule has 0 fully saturated rings. The van der Waals surface area contributed by atoms with Crippen LogP contribution >= 0.6 is 0 Å². The molecular weight excluding hydrogens is 401 g/mol. The van der Waals surface area contributed by atoms with Crippen molar-refractivity contribution in [2.24, 2.45) is 0 Å². The van der Waals surface area contributed by atoms with Gasteiger partial charge in [0.2, 0.25) is 0 Å². The van der Waals surface area contributed by atoms with Crippen LogP contribution in [0.3, 0.4) is 0 Å². The fourth-order valence-corrected chi connectivity index (χ4v) is 5.01. The zero-order valence-corrected chi connectivity index (χ0v) is 19.8. The standard InChI is InChI=1S/C29H30BN3/c1-21(2)25-17-11-18-26(22(3)4)28(25)30-32(23-13-7-5-8-14-23)27-19-12-20-31-29(27)33(30)24-15-9-6-10-16-24/h5-22H,1-4H3. The molecule has 33 heavy (non-hydrogen) atoms. The van der Waals surface area contributed by atoms with Gasteiger partial charge in [-0.25, -0.2) is 4.98 Å². The zero-order valence-electron chi connectivity index (χ0n) is 19.8. The van der Waals surface area contributed by atoms with Gasteiger partial charge in [-0.05, 0) is 64.8 Å². The Morgan fingerprint density at radius 1 is 0.606 bits per heavy atom. The van der Waals surface area contributed by atoms with E-state index in [1.165, 1.54) is 22.3 Å². The monoisotopic (exact) mass is 431 g/mol. The first-order valence-electron chi connectivity index (χ1n) is 11.8. The first-order valence-corrected chi connectivity index (χ1v) is 11.8. The molecule has 0 aliphatic carbocycles. The Bertz CT molecular complexity index is 1150. The number of anilines is 4. The van der Waals surface area contributed by atoms with Crippen LogP contribution in [0.1, 0.15) is 50.7 Å². The molecule has 0 radical (unpaired) electrons. The van der Waals surface area contributed by atoms with Gasteiger partial charge in [-0.15, -0.1) is 0 Å². The summed E-state index contributed by atoms with van der Waals surface area (Å²) in [5.74, 6) is 1.81. The summed E-state index contributed by atoms with van der Waals surface area (Å²) < 4.78 is 0. The highest BCUT2D eigenvalue weighted by atomic mass is 15.3. The summed E-state index contributed by atoms with van der Waals surface area (Å²) in [4.78, 5) is 9.77. The van der Waals surface area contributed by atoms with Crippen molar-refractivity contribution in [2.45, 2.75) is 39.5 Å². The van der Waals surface area contributed by atoms with E-state index in [1.807, 2.05) is 12.3 Å². The topological polar surface area (TPSA) is 19.4 Å². The first-order chi connectivity index (χ1) is 16.1. The number of hydrogen-bond donors (Lipinski definition) is 0. The highest BCUT2D eigenvalue weighted by Gasteiger charge is 2.46. The molecule has 5 rings (SSSR count). The number of rotatable bonds is 5. The number of hydrogen-bond acceptors (Lipinski definition) is 3. The van der Waals surface area contributed by atoms with Gasteiger partial charge < -0.3 is 9.62 Å². The number of fused-ring (bicyclic) bond motifs is 1. The Hall–Kier alpha value is -3.53. The lowest BCUT2D eigenvalue weighted by Crippen LogP contribution is -2.55. The lowest BCUT2D eigenvalue weighted by molar-refractivity contribution is 0.844. The molecule has 4 aromatic rings. The summed E-state index contributed by atoms with van der Waals surface area (Å²) in [7, 11) is 0. The van der Waals surface area contributed by atoms with Crippen LogP contribution in [-0.4, -0.2) is 12.0 Å². The molecule has 4 heteroatoms. The Labute approximate surface area is 197 Å². The van der Waals surface area contributed by atoms with Gasteiger partial charge in [-0.1, -0.05) is 82.3 Å². The summed E-state index contributed by atoms with van der Waals surface area (Å²) in [6.45, 7) is 9.15. The van der Waals surface area contributed by atoms with E-state index in [0.29, 0.717) is 11.8 Å². The summed E-state index contributed by atoms with van der Waals surface area (Å²) in [5.41, 5.74) is 7.61. The summed E-state index contributed by atoms with van der Waals surface area (Å²) in [6.07, 6.45) is 1.90. The molecule has 0 atom stereocenters.